The van der Waals surface area contributed by atoms with Gasteiger partial charge in [-0.2, -0.15) is 0 Å². The summed E-state index contributed by atoms with van der Waals surface area (Å²) in [6.45, 7) is 14.5. The third kappa shape index (κ3) is 3.93. The number of fused-ring (bicyclic) bond motifs is 11. The molecular formula is C47H38N2S2. The number of thioether (sulfide) groups is 1. The summed E-state index contributed by atoms with van der Waals surface area (Å²) in [5.41, 5.74) is 21.5. The third-order valence-electron chi connectivity index (χ3n) is 12.6. The molecule has 11 rings (SSSR count). The molecule has 248 valence electrons. The minimum atomic E-state index is -0.124. The van der Waals surface area contributed by atoms with E-state index in [9.17, 15) is 0 Å². The van der Waals surface area contributed by atoms with Crippen molar-refractivity contribution in [1.29, 1.82) is 0 Å². The molecule has 51 heavy (non-hydrogen) atoms. The molecule has 0 radical (unpaired) electrons. The Bertz CT molecular complexity index is 2630. The minimum absolute atomic E-state index is 0.0758. The van der Waals surface area contributed by atoms with E-state index in [0.29, 0.717) is 0 Å². The van der Waals surface area contributed by atoms with Crippen LogP contribution < -0.4 is 5.32 Å². The van der Waals surface area contributed by atoms with Crippen LogP contribution in [0.15, 0.2) is 114 Å². The van der Waals surface area contributed by atoms with E-state index in [2.05, 4.69) is 156 Å². The number of benzene rings is 6. The van der Waals surface area contributed by atoms with Gasteiger partial charge < -0.3 is 5.32 Å². The van der Waals surface area contributed by atoms with Crippen molar-refractivity contribution < 1.29 is 0 Å². The average molecular weight is 695 g/mol. The maximum atomic E-state index is 5.02. The summed E-state index contributed by atoms with van der Waals surface area (Å²) >= 11 is 3.70. The number of thiazole rings is 1. The van der Waals surface area contributed by atoms with E-state index in [1.165, 1.54) is 93.2 Å². The summed E-state index contributed by atoms with van der Waals surface area (Å²) in [6.07, 6.45) is 0. The van der Waals surface area contributed by atoms with Crippen LogP contribution in [0.5, 0.6) is 0 Å². The molecule has 4 heteroatoms. The maximum absolute atomic E-state index is 5.02. The molecule has 4 aliphatic rings. The van der Waals surface area contributed by atoms with Crippen LogP contribution in [0.2, 0.25) is 0 Å². The maximum Gasteiger partial charge on any atom is 0.124 e. The molecule has 0 bridgehead atoms. The number of hydrogen-bond acceptors (Lipinski definition) is 4. The highest BCUT2D eigenvalue weighted by molar-refractivity contribution is 8.00. The molecule has 1 unspecified atom stereocenters. The van der Waals surface area contributed by atoms with Gasteiger partial charge in [-0.15, -0.1) is 11.3 Å². The van der Waals surface area contributed by atoms with Crippen molar-refractivity contribution in [3.8, 4) is 44.0 Å². The Morgan fingerprint density at radius 3 is 1.69 bits per heavy atom. The topological polar surface area (TPSA) is 24.9 Å². The van der Waals surface area contributed by atoms with E-state index >= 15 is 0 Å². The number of hydrogen-bond donors (Lipinski definition) is 1. The van der Waals surface area contributed by atoms with Crippen molar-refractivity contribution in [3.63, 3.8) is 0 Å². The Kier molecular flexibility index (Phi) is 5.78. The Morgan fingerprint density at radius 2 is 1.06 bits per heavy atom. The zero-order valence-corrected chi connectivity index (χ0v) is 31.4. The van der Waals surface area contributed by atoms with Crippen LogP contribution in [0.1, 0.15) is 85.9 Å². The van der Waals surface area contributed by atoms with Gasteiger partial charge in [0.2, 0.25) is 0 Å². The van der Waals surface area contributed by atoms with Crippen LogP contribution in [0.25, 0.3) is 54.2 Å². The lowest BCUT2D eigenvalue weighted by atomic mass is 9.78. The quantitative estimate of drug-likeness (QED) is 0.195. The molecule has 1 N–H and O–H groups in total. The van der Waals surface area contributed by atoms with Gasteiger partial charge in [-0.05, 0) is 133 Å². The Labute approximate surface area is 308 Å². The Morgan fingerprint density at radius 1 is 0.529 bits per heavy atom. The SMILES string of the molecule is CC1(C)c2ccc(-c3nc4ccccc4s3)cc2-c2cc3c(cc21)-c1cc2c(cc1C3(C)C)-c1cc(C3Nc4ccccc4S3)ccc1C2(C)C. The van der Waals surface area contributed by atoms with Gasteiger partial charge in [0.15, 0.2) is 0 Å². The number of para-hydroxylation sites is 2. The molecule has 0 saturated carbocycles. The summed E-state index contributed by atoms with van der Waals surface area (Å²) < 4.78 is 1.24. The summed E-state index contributed by atoms with van der Waals surface area (Å²) in [5.74, 6) is 0. The number of nitrogens with one attached hydrogen (secondary N) is 1. The molecule has 2 nitrogen and oxygen atoms in total. The lowest BCUT2D eigenvalue weighted by molar-refractivity contribution is 0.649. The molecular weight excluding hydrogens is 657 g/mol. The van der Waals surface area contributed by atoms with E-state index in [1.807, 2.05) is 11.8 Å². The smallest absolute Gasteiger partial charge is 0.124 e. The van der Waals surface area contributed by atoms with Crippen LogP contribution >= 0.6 is 23.1 Å². The zero-order chi connectivity index (χ0) is 34.6. The normalized spacial score (nSPS) is 18.7. The second kappa shape index (κ2) is 9.82. The largest absolute Gasteiger partial charge is 0.368 e. The lowest BCUT2D eigenvalue weighted by Crippen LogP contribution is -2.17. The summed E-state index contributed by atoms with van der Waals surface area (Å²) in [7, 11) is 0. The fourth-order valence-electron chi connectivity index (χ4n) is 9.67. The number of anilines is 1. The van der Waals surface area contributed by atoms with Crippen molar-refractivity contribution in [1.82, 2.24) is 4.98 Å². The van der Waals surface area contributed by atoms with Gasteiger partial charge in [-0.1, -0.05) is 102 Å². The molecule has 0 saturated heterocycles. The van der Waals surface area contributed by atoms with Crippen molar-refractivity contribution in [2.75, 3.05) is 5.32 Å². The van der Waals surface area contributed by atoms with E-state index in [4.69, 9.17) is 4.98 Å². The zero-order valence-electron chi connectivity index (χ0n) is 29.7. The average Bonchev–Trinajstić information content (AvgIpc) is 3.90. The van der Waals surface area contributed by atoms with E-state index < -0.39 is 0 Å². The fourth-order valence-corrected chi connectivity index (χ4v) is 11.8. The van der Waals surface area contributed by atoms with Crippen LogP contribution in [-0.4, -0.2) is 4.98 Å². The summed E-state index contributed by atoms with van der Waals surface area (Å²) in [4.78, 5) is 6.34. The number of rotatable bonds is 2. The van der Waals surface area contributed by atoms with Crippen molar-refractivity contribution >= 4 is 39.0 Å². The highest BCUT2D eigenvalue weighted by atomic mass is 32.2. The van der Waals surface area contributed by atoms with Crippen molar-refractivity contribution in [3.05, 3.63) is 148 Å². The Hall–Kier alpha value is -4.64. The summed E-state index contributed by atoms with van der Waals surface area (Å²) in [5, 5.41) is 5.08. The van der Waals surface area contributed by atoms with Crippen molar-refractivity contribution in [2.45, 2.75) is 68.1 Å². The molecule has 7 aromatic rings. The van der Waals surface area contributed by atoms with E-state index in [0.717, 1.165) is 10.5 Å². The number of nitrogens with zero attached hydrogens (tertiary/aromatic N) is 1. The van der Waals surface area contributed by atoms with Gasteiger partial charge in [0.25, 0.3) is 0 Å². The first-order valence-corrected chi connectivity index (χ1v) is 19.8. The first-order chi connectivity index (χ1) is 24.5. The van der Waals surface area contributed by atoms with Crippen LogP contribution in [0, 0.1) is 0 Å². The van der Waals surface area contributed by atoms with Gasteiger partial charge in [-0.25, -0.2) is 4.98 Å². The molecule has 1 atom stereocenters. The van der Waals surface area contributed by atoms with Gasteiger partial charge in [0.1, 0.15) is 10.4 Å². The summed E-state index contributed by atoms with van der Waals surface area (Å²) in [6, 6.07) is 41.6. The molecule has 1 aromatic heterocycles. The lowest BCUT2D eigenvalue weighted by Gasteiger charge is -2.24. The third-order valence-corrected chi connectivity index (χ3v) is 14.9. The van der Waals surface area contributed by atoms with Crippen LogP contribution in [-0.2, 0) is 16.2 Å². The molecule has 0 spiro atoms. The van der Waals surface area contributed by atoms with E-state index in [-0.39, 0.29) is 21.6 Å². The highest BCUT2D eigenvalue weighted by Gasteiger charge is 2.44. The van der Waals surface area contributed by atoms with Crippen LogP contribution in [0.3, 0.4) is 0 Å². The fraction of sp³-hybridized carbons (Fsp3) is 0.213. The molecule has 1 aliphatic heterocycles. The van der Waals surface area contributed by atoms with Crippen LogP contribution in [0.4, 0.5) is 5.69 Å². The first kappa shape index (κ1) is 30.0. The predicted octanol–water partition coefficient (Wildman–Crippen LogP) is 13.1. The molecule has 6 aromatic carbocycles. The molecule has 0 amide bonds. The second-order valence-corrected chi connectivity index (χ2v) is 18.6. The van der Waals surface area contributed by atoms with Gasteiger partial charge in [0.05, 0.1) is 10.2 Å². The van der Waals surface area contributed by atoms with Crippen molar-refractivity contribution in [2.24, 2.45) is 0 Å². The van der Waals surface area contributed by atoms with Gasteiger partial charge in [0, 0.05) is 32.4 Å². The predicted molar refractivity (Wildman–Crippen MR) is 216 cm³/mol. The molecule has 2 heterocycles. The highest BCUT2D eigenvalue weighted by Crippen LogP contribution is 2.60. The molecule has 0 fully saturated rings. The van der Waals surface area contributed by atoms with E-state index in [1.54, 1.807) is 11.3 Å². The standard InChI is InChI=1S/C47H38N2S2/c1-45(2)33-17-15-25(43-48-39-11-7-9-13-41(39)50-43)19-27(33)29-21-37-31(23-35(29)45)32-24-36-30(22-38(32)47(37,5)6)28-20-26(16-18-34(28)46(36,3)4)44-49-40-12-8-10-14-42(40)51-44/h7-24,43,48H,1-6H3. The van der Waals surface area contributed by atoms with Gasteiger partial charge >= 0.3 is 0 Å². The number of aromatic nitrogens is 1. The monoisotopic (exact) mass is 694 g/mol. The Balaban J connectivity index is 1.03. The first-order valence-electron chi connectivity index (χ1n) is 18.1. The minimum Gasteiger partial charge on any atom is -0.368 e. The van der Waals surface area contributed by atoms with Gasteiger partial charge in [-0.3, -0.25) is 0 Å². The molecule has 3 aliphatic carbocycles. The second-order valence-electron chi connectivity index (χ2n) is 16.5.